The van der Waals surface area contributed by atoms with E-state index in [4.69, 9.17) is 0 Å². The molecule has 3 heteroatoms. The maximum absolute atomic E-state index is 4.22. The van der Waals surface area contributed by atoms with Crippen LogP contribution in [0.4, 0.5) is 0 Å². The van der Waals surface area contributed by atoms with Gasteiger partial charge in [0.1, 0.15) is 0 Å². The van der Waals surface area contributed by atoms with Gasteiger partial charge in [0.15, 0.2) is 0 Å². The van der Waals surface area contributed by atoms with Gasteiger partial charge in [0.25, 0.3) is 0 Å². The summed E-state index contributed by atoms with van der Waals surface area (Å²) in [5.41, 5.74) is 1.11. The third kappa shape index (κ3) is 2.58. The average Bonchev–Trinajstić information content (AvgIpc) is 2.63. The van der Waals surface area contributed by atoms with Crippen molar-refractivity contribution in [2.24, 2.45) is 0 Å². The topological polar surface area (TPSA) is 29.9 Å². The quantitative estimate of drug-likeness (QED) is 0.792. The minimum Gasteiger partial charge on any atom is -0.337 e. The molecular weight excluding hydrogens is 174 g/mol. The molecule has 1 aliphatic rings. The van der Waals surface area contributed by atoms with Crippen LogP contribution >= 0.6 is 0 Å². The number of piperidine rings is 1. The maximum Gasteiger partial charge on any atom is 0.0949 e. The summed E-state index contributed by atoms with van der Waals surface area (Å²) in [7, 11) is 0. The van der Waals surface area contributed by atoms with E-state index in [1.807, 2.05) is 13.3 Å². The van der Waals surface area contributed by atoms with Crippen LogP contribution in [0.15, 0.2) is 12.5 Å². The summed E-state index contributed by atoms with van der Waals surface area (Å²) < 4.78 is 2.19. The van der Waals surface area contributed by atoms with Gasteiger partial charge in [-0.05, 0) is 32.7 Å². The molecule has 0 spiro atoms. The predicted octanol–water partition coefficient (Wildman–Crippen LogP) is 1.72. The first kappa shape index (κ1) is 9.71. The van der Waals surface area contributed by atoms with Crippen LogP contribution in [0.1, 0.15) is 31.4 Å². The first-order valence-electron chi connectivity index (χ1n) is 5.56. The second-order valence-electron chi connectivity index (χ2n) is 4.19. The molecule has 0 aliphatic carbocycles. The molecule has 0 amide bonds. The third-order valence-electron chi connectivity index (χ3n) is 2.91. The monoisotopic (exact) mass is 193 g/mol. The largest absolute Gasteiger partial charge is 0.337 e. The summed E-state index contributed by atoms with van der Waals surface area (Å²) in [6.45, 7) is 4.33. The first-order valence-corrected chi connectivity index (χ1v) is 5.56. The van der Waals surface area contributed by atoms with E-state index < -0.39 is 0 Å². The molecule has 1 aromatic rings. The number of aromatic nitrogens is 2. The fraction of sp³-hybridized carbons (Fsp3) is 0.727. The van der Waals surface area contributed by atoms with Gasteiger partial charge in [-0.15, -0.1) is 0 Å². The molecular formula is C11H19N3. The molecule has 2 rings (SSSR count). The van der Waals surface area contributed by atoms with E-state index in [0.717, 1.165) is 18.3 Å². The molecule has 2 heterocycles. The Labute approximate surface area is 85.5 Å². The molecule has 0 radical (unpaired) electrons. The van der Waals surface area contributed by atoms with Crippen LogP contribution in [0.25, 0.3) is 0 Å². The van der Waals surface area contributed by atoms with Crippen LogP contribution in [0.5, 0.6) is 0 Å². The lowest BCUT2D eigenvalue weighted by Gasteiger charge is -2.23. The van der Waals surface area contributed by atoms with Crippen LogP contribution in [0.2, 0.25) is 0 Å². The zero-order valence-electron chi connectivity index (χ0n) is 8.87. The molecule has 1 N–H and O–H groups in total. The van der Waals surface area contributed by atoms with Gasteiger partial charge in [0.2, 0.25) is 0 Å². The Hall–Kier alpha value is -0.830. The summed E-state index contributed by atoms with van der Waals surface area (Å²) in [6, 6.07) is 0.728. The van der Waals surface area contributed by atoms with Crippen molar-refractivity contribution in [3.05, 3.63) is 18.2 Å². The Morgan fingerprint density at radius 1 is 1.57 bits per heavy atom. The summed E-state index contributed by atoms with van der Waals surface area (Å²) in [4.78, 5) is 4.22. The Morgan fingerprint density at radius 3 is 3.14 bits per heavy atom. The van der Waals surface area contributed by atoms with Crippen molar-refractivity contribution in [2.45, 2.75) is 45.2 Å². The Morgan fingerprint density at radius 2 is 2.50 bits per heavy atom. The molecule has 1 fully saturated rings. The fourth-order valence-electron chi connectivity index (χ4n) is 2.07. The van der Waals surface area contributed by atoms with Crippen LogP contribution in [0.3, 0.4) is 0 Å². The molecule has 0 bridgehead atoms. The number of rotatable bonds is 3. The number of hydrogen-bond acceptors (Lipinski definition) is 2. The van der Waals surface area contributed by atoms with E-state index in [1.54, 1.807) is 0 Å². The highest BCUT2D eigenvalue weighted by Crippen LogP contribution is 2.11. The van der Waals surface area contributed by atoms with Crippen molar-refractivity contribution in [1.82, 2.24) is 14.9 Å². The van der Waals surface area contributed by atoms with Crippen LogP contribution in [-0.2, 0) is 6.54 Å². The van der Waals surface area contributed by atoms with Crippen molar-refractivity contribution < 1.29 is 0 Å². The molecule has 1 saturated heterocycles. The van der Waals surface area contributed by atoms with E-state index in [9.17, 15) is 0 Å². The molecule has 14 heavy (non-hydrogen) atoms. The number of imidazole rings is 1. The molecule has 0 aromatic carbocycles. The molecule has 1 atom stereocenters. The van der Waals surface area contributed by atoms with Gasteiger partial charge in [-0.25, -0.2) is 4.98 Å². The highest BCUT2D eigenvalue weighted by Gasteiger charge is 2.11. The van der Waals surface area contributed by atoms with Crippen molar-refractivity contribution in [1.29, 1.82) is 0 Å². The van der Waals surface area contributed by atoms with Crippen LogP contribution in [0, 0.1) is 6.92 Å². The molecule has 3 nitrogen and oxygen atoms in total. The van der Waals surface area contributed by atoms with E-state index in [0.29, 0.717) is 0 Å². The minimum atomic E-state index is 0.728. The fourth-order valence-corrected chi connectivity index (χ4v) is 2.07. The van der Waals surface area contributed by atoms with Crippen molar-refractivity contribution >= 4 is 0 Å². The van der Waals surface area contributed by atoms with Gasteiger partial charge in [-0.2, -0.15) is 0 Å². The number of nitrogens with zero attached hydrogens (tertiary/aromatic N) is 2. The Balaban J connectivity index is 1.76. The van der Waals surface area contributed by atoms with E-state index >= 15 is 0 Å². The standard InChI is InChI=1S/C11H19N3/c1-10-8-14(9-13-10)7-5-11-4-2-3-6-12-11/h8-9,11-12H,2-7H2,1H3. The highest BCUT2D eigenvalue weighted by molar-refractivity contribution is 4.92. The lowest BCUT2D eigenvalue weighted by molar-refractivity contribution is 0.366. The van der Waals surface area contributed by atoms with Crippen molar-refractivity contribution in [3.8, 4) is 0 Å². The van der Waals surface area contributed by atoms with Crippen LogP contribution in [-0.4, -0.2) is 22.1 Å². The van der Waals surface area contributed by atoms with Crippen molar-refractivity contribution in [2.75, 3.05) is 6.54 Å². The highest BCUT2D eigenvalue weighted by atomic mass is 15.0. The van der Waals surface area contributed by atoms with Crippen molar-refractivity contribution in [3.63, 3.8) is 0 Å². The second-order valence-corrected chi connectivity index (χ2v) is 4.19. The predicted molar refractivity (Wildman–Crippen MR) is 57.2 cm³/mol. The average molecular weight is 193 g/mol. The zero-order chi connectivity index (χ0) is 9.80. The Bertz CT molecular complexity index is 274. The third-order valence-corrected chi connectivity index (χ3v) is 2.91. The second kappa shape index (κ2) is 4.60. The molecule has 78 valence electrons. The molecule has 1 aromatic heterocycles. The smallest absolute Gasteiger partial charge is 0.0949 e. The first-order chi connectivity index (χ1) is 6.84. The lowest BCUT2D eigenvalue weighted by atomic mass is 10.0. The lowest BCUT2D eigenvalue weighted by Crippen LogP contribution is -2.34. The van der Waals surface area contributed by atoms with Gasteiger partial charge in [0, 0.05) is 18.8 Å². The minimum absolute atomic E-state index is 0.728. The summed E-state index contributed by atoms with van der Waals surface area (Å²) in [5.74, 6) is 0. The SMILES string of the molecule is Cc1cn(CCC2CCCCN2)cn1. The van der Waals surface area contributed by atoms with Gasteiger partial charge in [0.05, 0.1) is 12.0 Å². The summed E-state index contributed by atoms with van der Waals surface area (Å²) >= 11 is 0. The maximum atomic E-state index is 4.22. The Kier molecular flexibility index (Phi) is 3.19. The summed E-state index contributed by atoms with van der Waals surface area (Å²) in [6.07, 6.45) is 9.35. The van der Waals surface area contributed by atoms with E-state index in [1.165, 1.54) is 32.2 Å². The number of hydrogen-bond donors (Lipinski definition) is 1. The zero-order valence-corrected chi connectivity index (χ0v) is 8.87. The molecule has 1 aliphatic heterocycles. The van der Waals surface area contributed by atoms with Gasteiger partial charge >= 0.3 is 0 Å². The molecule has 0 saturated carbocycles. The van der Waals surface area contributed by atoms with Gasteiger partial charge < -0.3 is 9.88 Å². The van der Waals surface area contributed by atoms with Gasteiger partial charge in [-0.1, -0.05) is 6.42 Å². The van der Waals surface area contributed by atoms with E-state index in [-0.39, 0.29) is 0 Å². The normalized spacial score (nSPS) is 22.5. The van der Waals surface area contributed by atoms with Crippen LogP contribution < -0.4 is 5.32 Å². The number of aryl methyl sites for hydroxylation is 2. The summed E-state index contributed by atoms with van der Waals surface area (Å²) in [5, 5.41) is 3.56. The number of nitrogens with one attached hydrogen (secondary N) is 1. The van der Waals surface area contributed by atoms with E-state index in [2.05, 4.69) is 21.1 Å². The van der Waals surface area contributed by atoms with Gasteiger partial charge in [-0.3, -0.25) is 0 Å². The molecule has 1 unspecified atom stereocenters.